The molecule has 3 rings (SSSR count). The molecule has 0 aromatic heterocycles. The van der Waals surface area contributed by atoms with Crippen LogP contribution in [-0.2, 0) is 16.8 Å². The first-order chi connectivity index (χ1) is 10.6. The summed E-state index contributed by atoms with van der Waals surface area (Å²) < 4.78 is 13.5. The number of rotatable bonds is 4. The molecule has 1 aliphatic carbocycles. The van der Waals surface area contributed by atoms with Gasteiger partial charge in [0.2, 0.25) is 5.91 Å². The summed E-state index contributed by atoms with van der Waals surface area (Å²) in [4.78, 5) is 12.7. The third-order valence-corrected chi connectivity index (χ3v) is 4.72. The summed E-state index contributed by atoms with van der Waals surface area (Å²) in [5.74, 6) is -0.275. The Morgan fingerprint density at radius 2 is 1.95 bits per heavy atom. The molecule has 0 aliphatic heterocycles. The first kappa shape index (κ1) is 14.8. The van der Waals surface area contributed by atoms with E-state index in [0.29, 0.717) is 6.54 Å². The standard InChI is InChI=1S/C19H20FNO/c1-14-6-2-3-7-15(14)13-21-18(22)19(10-5-11-19)16-8-4-9-17(20)12-16/h2-4,6-9,12H,5,10-11,13H2,1H3,(H,21,22). The maximum atomic E-state index is 13.5. The Kier molecular flexibility index (Phi) is 3.97. The lowest BCUT2D eigenvalue weighted by atomic mass is 9.63. The Labute approximate surface area is 130 Å². The summed E-state index contributed by atoms with van der Waals surface area (Å²) in [5, 5.41) is 3.04. The zero-order valence-corrected chi connectivity index (χ0v) is 12.7. The SMILES string of the molecule is Cc1ccccc1CNC(=O)C1(c2cccc(F)c2)CCC1. The lowest BCUT2D eigenvalue weighted by molar-refractivity contribution is -0.130. The highest BCUT2D eigenvalue weighted by atomic mass is 19.1. The highest BCUT2D eigenvalue weighted by Crippen LogP contribution is 2.44. The number of hydrogen-bond acceptors (Lipinski definition) is 1. The van der Waals surface area contributed by atoms with E-state index in [1.165, 1.54) is 12.1 Å². The first-order valence-electron chi connectivity index (χ1n) is 7.71. The Morgan fingerprint density at radius 1 is 1.18 bits per heavy atom. The van der Waals surface area contributed by atoms with E-state index in [2.05, 4.69) is 5.32 Å². The maximum absolute atomic E-state index is 13.5. The van der Waals surface area contributed by atoms with Crippen LogP contribution in [0.2, 0.25) is 0 Å². The van der Waals surface area contributed by atoms with E-state index < -0.39 is 5.41 Å². The van der Waals surface area contributed by atoms with Gasteiger partial charge in [0.05, 0.1) is 5.41 Å². The molecule has 1 fully saturated rings. The van der Waals surface area contributed by atoms with Crippen molar-refractivity contribution in [2.24, 2.45) is 0 Å². The molecule has 114 valence electrons. The molecule has 22 heavy (non-hydrogen) atoms. The summed E-state index contributed by atoms with van der Waals surface area (Å²) in [6, 6.07) is 14.5. The van der Waals surface area contributed by atoms with E-state index in [4.69, 9.17) is 0 Å². The van der Waals surface area contributed by atoms with Gasteiger partial charge in [0.25, 0.3) is 0 Å². The van der Waals surface area contributed by atoms with Crippen LogP contribution in [0.4, 0.5) is 4.39 Å². The van der Waals surface area contributed by atoms with Crippen LogP contribution in [-0.4, -0.2) is 5.91 Å². The molecule has 1 saturated carbocycles. The molecule has 0 radical (unpaired) electrons. The Bertz CT molecular complexity index is 691. The number of carbonyl (C=O) groups excluding carboxylic acids is 1. The minimum Gasteiger partial charge on any atom is -0.351 e. The van der Waals surface area contributed by atoms with Gasteiger partial charge in [0.1, 0.15) is 5.82 Å². The number of benzene rings is 2. The van der Waals surface area contributed by atoms with E-state index in [0.717, 1.165) is 36.0 Å². The molecule has 1 aliphatic rings. The van der Waals surface area contributed by atoms with Crippen LogP contribution in [0.25, 0.3) is 0 Å². The summed E-state index contributed by atoms with van der Waals surface area (Å²) >= 11 is 0. The molecule has 2 aromatic rings. The third kappa shape index (κ3) is 2.63. The molecule has 0 atom stereocenters. The van der Waals surface area contributed by atoms with Gasteiger partial charge in [0, 0.05) is 6.54 Å². The Balaban J connectivity index is 1.76. The van der Waals surface area contributed by atoms with Crippen molar-refractivity contribution in [3.8, 4) is 0 Å². The van der Waals surface area contributed by atoms with Crippen molar-refractivity contribution in [3.63, 3.8) is 0 Å². The monoisotopic (exact) mass is 297 g/mol. The first-order valence-corrected chi connectivity index (χ1v) is 7.71. The number of hydrogen-bond donors (Lipinski definition) is 1. The van der Waals surface area contributed by atoms with Gasteiger partial charge in [-0.25, -0.2) is 4.39 Å². The van der Waals surface area contributed by atoms with Gasteiger partial charge in [-0.2, -0.15) is 0 Å². The van der Waals surface area contributed by atoms with E-state index in [-0.39, 0.29) is 11.7 Å². The predicted molar refractivity (Wildman–Crippen MR) is 85.0 cm³/mol. The normalized spacial score (nSPS) is 15.9. The molecule has 0 saturated heterocycles. The third-order valence-electron chi connectivity index (χ3n) is 4.72. The van der Waals surface area contributed by atoms with Crippen LogP contribution < -0.4 is 5.32 Å². The highest BCUT2D eigenvalue weighted by Gasteiger charge is 2.45. The highest BCUT2D eigenvalue weighted by molar-refractivity contribution is 5.89. The van der Waals surface area contributed by atoms with Gasteiger partial charge < -0.3 is 5.32 Å². The van der Waals surface area contributed by atoms with Crippen molar-refractivity contribution in [1.82, 2.24) is 5.32 Å². The molecular formula is C19H20FNO. The Hall–Kier alpha value is -2.16. The molecular weight excluding hydrogens is 277 g/mol. The fraction of sp³-hybridized carbons (Fsp3) is 0.316. The van der Waals surface area contributed by atoms with Crippen molar-refractivity contribution in [2.45, 2.75) is 38.1 Å². The lowest BCUT2D eigenvalue weighted by Gasteiger charge is -2.40. The van der Waals surface area contributed by atoms with Crippen LogP contribution in [0.15, 0.2) is 48.5 Å². The molecule has 0 bridgehead atoms. The van der Waals surface area contributed by atoms with E-state index >= 15 is 0 Å². The van der Waals surface area contributed by atoms with E-state index in [9.17, 15) is 9.18 Å². The molecule has 2 nitrogen and oxygen atoms in total. The molecule has 0 heterocycles. The predicted octanol–water partition coefficient (Wildman–Crippen LogP) is 3.87. The van der Waals surface area contributed by atoms with Gasteiger partial charge >= 0.3 is 0 Å². The van der Waals surface area contributed by atoms with Crippen molar-refractivity contribution < 1.29 is 9.18 Å². The van der Waals surface area contributed by atoms with Gasteiger partial charge in [0.15, 0.2) is 0 Å². The average molecular weight is 297 g/mol. The minimum atomic E-state index is -0.551. The minimum absolute atomic E-state index is 0.00704. The van der Waals surface area contributed by atoms with E-state index in [1.54, 1.807) is 6.07 Å². The number of nitrogens with one attached hydrogen (secondary N) is 1. The number of carbonyl (C=O) groups is 1. The molecule has 1 amide bonds. The summed E-state index contributed by atoms with van der Waals surface area (Å²) in [6.07, 6.45) is 2.58. The van der Waals surface area contributed by atoms with Crippen molar-refractivity contribution in [2.75, 3.05) is 0 Å². The molecule has 1 N–H and O–H groups in total. The number of amides is 1. The second-order valence-electron chi connectivity index (χ2n) is 6.06. The van der Waals surface area contributed by atoms with E-state index in [1.807, 2.05) is 37.3 Å². The fourth-order valence-corrected chi connectivity index (χ4v) is 3.12. The van der Waals surface area contributed by atoms with Gasteiger partial charge in [-0.3, -0.25) is 4.79 Å². The zero-order chi connectivity index (χ0) is 15.6. The molecule has 0 unspecified atom stereocenters. The summed E-state index contributed by atoms with van der Waals surface area (Å²) in [7, 11) is 0. The fourth-order valence-electron chi connectivity index (χ4n) is 3.12. The molecule has 0 spiro atoms. The van der Waals surface area contributed by atoms with Crippen molar-refractivity contribution in [1.29, 1.82) is 0 Å². The molecule has 2 aromatic carbocycles. The van der Waals surface area contributed by atoms with Crippen LogP contribution in [0.5, 0.6) is 0 Å². The lowest BCUT2D eigenvalue weighted by Crippen LogP contribution is -2.49. The average Bonchev–Trinajstić information content (AvgIpc) is 2.45. The summed E-state index contributed by atoms with van der Waals surface area (Å²) in [6.45, 7) is 2.55. The smallest absolute Gasteiger partial charge is 0.230 e. The van der Waals surface area contributed by atoms with Crippen LogP contribution in [0.1, 0.15) is 36.0 Å². The number of halogens is 1. The quantitative estimate of drug-likeness (QED) is 0.912. The van der Waals surface area contributed by atoms with Gasteiger partial charge in [-0.1, -0.05) is 42.8 Å². The van der Waals surface area contributed by atoms with Gasteiger partial charge in [-0.05, 0) is 48.6 Å². The zero-order valence-electron chi connectivity index (χ0n) is 12.7. The number of aryl methyl sites for hydroxylation is 1. The summed E-state index contributed by atoms with van der Waals surface area (Å²) in [5.41, 5.74) is 2.52. The van der Waals surface area contributed by atoms with Gasteiger partial charge in [-0.15, -0.1) is 0 Å². The van der Waals surface area contributed by atoms with Crippen molar-refractivity contribution in [3.05, 3.63) is 71.0 Å². The van der Waals surface area contributed by atoms with Crippen LogP contribution in [0.3, 0.4) is 0 Å². The second-order valence-corrected chi connectivity index (χ2v) is 6.06. The van der Waals surface area contributed by atoms with Crippen LogP contribution >= 0.6 is 0 Å². The Morgan fingerprint density at radius 3 is 2.59 bits per heavy atom. The van der Waals surface area contributed by atoms with Crippen LogP contribution in [0, 0.1) is 12.7 Å². The largest absolute Gasteiger partial charge is 0.351 e. The second kappa shape index (κ2) is 5.91. The van der Waals surface area contributed by atoms with Crippen molar-refractivity contribution >= 4 is 5.91 Å². The topological polar surface area (TPSA) is 29.1 Å². The maximum Gasteiger partial charge on any atom is 0.230 e. The molecule has 3 heteroatoms.